The van der Waals surface area contributed by atoms with Gasteiger partial charge in [0.1, 0.15) is 6.04 Å². The second-order valence-corrected chi connectivity index (χ2v) is 4.04. The van der Waals surface area contributed by atoms with Crippen LogP contribution in [0.2, 0.25) is 0 Å². The maximum absolute atomic E-state index is 12.0. The summed E-state index contributed by atoms with van der Waals surface area (Å²) in [5, 5.41) is 17.7. The van der Waals surface area contributed by atoms with Crippen molar-refractivity contribution < 1.29 is 24.6 Å². The molecule has 18 heavy (non-hydrogen) atoms. The molecule has 1 aromatic carbocycles. The Morgan fingerprint density at radius 1 is 1.28 bits per heavy atom. The van der Waals surface area contributed by atoms with Gasteiger partial charge in [0.2, 0.25) is 0 Å². The summed E-state index contributed by atoms with van der Waals surface area (Å²) in [6.45, 7) is 0.138. The number of amides is 1. The zero-order chi connectivity index (χ0) is 13.3. The molecule has 2 rings (SSSR count). The number of benzene rings is 1. The van der Waals surface area contributed by atoms with E-state index >= 15 is 0 Å². The highest BCUT2D eigenvalue weighted by atomic mass is 16.4. The first-order valence-electron chi connectivity index (χ1n) is 5.34. The molecule has 0 spiro atoms. The van der Waals surface area contributed by atoms with Crippen molar-refractivity contribution in [2.24, 2.45) is 0 Å². The molecule has 94 valence electrons. The molecule has 0 aliphatic carbocycles. The normalized spacial score (nSPS) is 15.3. The molecular weight excluding hydrogens is 238 g/mol. The third kappa shape index (κ3) is 2.04. The number of carboxylic acids is 2. The average Bonchev–Trinajstić information content (AvgIpc) is 2.64. The van der Waals surface area contributed by atoms with Crippen LogP contribution in [-0.2, 0) is 16.1 Å². The lowest BCUT2D eigenvalue weighted by molar-refractivity contribution is -0.148. The molecule has 0 aromatic heterocycles. The van der Waals surface area contributed by atoms with E-state index in [0.717, 1.165) is 10.5 Å². The quantitative estimate of drug-likeness (QED) is 0.813. The van der Waals surface area contributed by atoms with Crippen molar-refractivity contribution in [1.29, 1.82) is 0 Å². The summed E-state index contributed by atoms with van der Waals surface area (Å²) in [7, 11) is 0. The molecule has 0 fully saturated rings. The van der Waals surface area contributed by atoms with E-state index in [1.807, 2.05) is 0 Å². The summed E-state index contributed by atoms with van der Waals surface area (Å²) in [6, 6.07) is 5.45. The molecule has 6 heteroatoms. The second-order valence-electron chi connectivity index (χ2n) is 4.04. The van der Waals surface area contributed by atoms with Crippen molar-refractivity contribution in [2.45, 2.75) is 19.0 Å². The van der Waals surface area contributed by atoms with Crippen molar-refractivity contribution >= 4 is 17.8 Å². The number of carbonyl (C=O) groups excluding carboxylic acids is 1. The van der Waals surface area contributed by atoms with E-state index in [2.05, 4.69) is 0 Å². The molecule has 0 bridgehead atoms. The van der Waals surface area contributed by atoms with Gasteiger partial charge < -0.3 is 15.1 Å². The molecule has 1 aliphatic heterocycles. The number of hydrogen-bond acceptors (Lipinski definition) is 3. The van der Waals surface area contributed by atoms with Gasteiger partial charge >= 0.3 is 11.9 Å². The molecule has 6 nitrogen and oxygen atoms in total. The van der Waals surface area contributed by atoms with Crippen molar-refractivity contribution in [3.05, 3.63) is 35.4 Å². The Hall–Kier alpha value is -2.37. The van der Waals surface area contributed by atoms with Gasteiger partial charge in [-0.3, -0.25) is 9.59 Å². The third-order valence-electron chi connectivity index (χ3n) is 2.88. The highest BCUT2D eigenvalue weighted by Crippen LogP contribution is 2.25. The number of nitrogens with zero attached hydrogens (tertiary/aromatic N) is 1. The molecular formula is C12H11NO5. The molecule has 2 N–H and O–H groups in total. The van der Waals surface area contributed by atoms with Crippen LogP contribution in [0, 0.1) is 0 Å². The van der Waals surface area contributed by atoms with Crippen LogP contribution < -0.4 is 0 Å². The molecule has 1 heterocycles. The van der Waals surface area contributed by atoms with Crippen molar-refractivity contribution in [3.8, 4) is 0 Å². The van der Waals surface area contributed by atoms with Gasteiger partial charge in [0, 0.05) is 12.1 Å². The Balaban J connectivity index is 2.28. The van der Waals surface area contributed by atoms with Crippen molar-refractivity contribution in [2.75, 3.05) is 0 Å². The predicted octanol–water partition coefficient (Wildman–Crippen LogP) is 0.570. The van der Waals surface area contributed by atoms with Gasteiger partial charge in [0.05, 0.1) is 6.42 Å². The van der Waals surface area contributed by atoms with E-state index in [0.29, 0.717) is 5.56 Å². The van der Waals surface area contributed by atoms with Crippen LogP contribution in [0.1, 0.15) is 22.3 Å². The first kappa shape index (κ1) is 12.1. The summed E-state index contributed by atoms with van der Waals surface area (Å²) in [5.41, 5.74) is 1.16. The summed E-state index contributed by atoms with van der Waals surface area (Å²) >= 11 is 0. The lowest BCUT2D eigenvalue weighted by Gasteiger charge is -2.22. The van der Waals surface area contributed by atoms with E-state index in [9.17, 15) is 14.4 Å². The minimum atomic E-state index is -1.33. The van der Waals surface area contributed by atoms with Crippen LogP contribution in [0.4, 0.5) is 0 Å². The average molecular weight is 249 g/mol. The number of aliphatic carboxylic acids is 2. The summed E-state index contributed by atoms with van der Waals surface area (Å²) in [4.78, 5) is 34.8. The van der Waals surface area contributed by atoms with Gasteiger partial charge in [-0.15, -0.1) is 0 Å². The molecule has 1 aromatic rings. The summed E-state index contributed by atoms with van der Waals surface area (Å²) in [5.74, 6) is -2.98. The number of hydrogen-bond donors (Lipinski definition) is 2. The Kier molecular flexibility index (Phi) is 3.01. The molecule has 0 unspecified atom stereocenters. The standard InChI is InChI=1S/C12H11NO5/c14-10(15)5-9(12(17)18)13-6-7-3-1-2-4-8(7)11(13)16/h1-4,9H,5-6H2,(H,14,15)(H,17,18)/t9-/m1/s1. The maximum atomic E-state index is 12.0. The molecule has 1 atom stereocenters. The lowest BCUT2D eigenvalue weighted by atomic mass is 10.1. The highest BCUT2D eigenvalue weighted by Gasteiger charge is 2.37. The first-order chi connectivity index (χ1) is 8.50. The van der Waals surface area contributed by atoms with E-state index in [4.69, 9.17) is 10.2 Å². The molecule has 1 amide bonds. The Morgan fingerprint density at radius 2 is 1.94 bits per heavy atom. The fourth-order valence-electron chi connectivity index (χ4n) is 2.02. The molecule has 0 saturated carbocycles. The van der Waals surface area contributed by atoms with Gasteiger partial charge in [-0.05, 0) is 11.6 Å². The van der Waals surface area contributed by atoms with Crippen LogP contribution in [-0.4, -0.2) is 39.0 Å². The lowest BCUT2D eigenvalue weighted by Crippen LogP contribution is -2.42. The topological polar surface area (TPSA) is 94.9 Å². The molecule has 0 saturated heterocycles. The van der Waals surface area contributed by atoms with Crippen LogP contribution >= 0.6 is 0 Å². The fourth-order valence-corrected chi connectivity index (χ4v) is 2.02. The highest BCUT2D eigenvalue weighted by molar-refractivity contribution is 6.00. The molecule has 1 aliphatic rings. The minimum absolute atomic E-state index is 0.138. The second kappa shape index (κ2) is 4.48. The zero-order valence-corrected chi connectivity index (χ0v) is 9.37. The van der Waals surface area contributed by atoms with E-state index in [1.165, 1.54) is 0 Å². The van der Waals surface area contributed by atoms with E-state index in [-0.39, 0.29) is 6.54 Å². The molecule has 0 radical (unpaired) electrons. The zero-order valence-electron chi connectivity index (χ0n) is 9.37. The maximum Gasteiger partial charge on any atom is 0.327 e. The number of rotatable bonds is 4. The number of carbonyl (C=O) groups is 3. The van der Waals surface area contributed by atoms with Gasteiger partial charge in [-0.1, -0.05) is 18.2 Å². The third-order valence-corrected chi connectivity index (χ3v) is 2.88. The van der Waals surface area contributed by atoms with Gasteiger partial charge in [0.15, 0.2) is 0 Å². The van der Waals surface area contributed by atoms with Crippen molar-refractivity contribution in [3.63, 3.8) is 0 Å². The monoisotopic (exact) mass is 249 g/mol. The SMILES string of the molecule is O=C(O)C[C@H](C(=O)O)N1Cc2ccccc2C1=O. The Bertz CT molecular complexity index is 525. The van der Waals surface area contributed by atoms with Crippen LogP contribution in [0.25, 0.3) is 0 Å². The fraction of sp³-hybridized carbons (Fsp3) is 0.250. The van der Waals surface area contributed by atoms with Crippen LogP contribution in [0.15, 0.2) is 24.3 Å². The van der Waals surface area contributed by atoms with Gasteiger partial charge in [-0.2, -0.15) is 0 Å². The Labute approximate surface area is 102 Å². The minimum Gasteiger partial charge on any atom is -0.481 e. The van der Waals surface area contributed by atoms with Crippen LogP contribution in [0.3, 0.4) is 0 Å². The summed E-state index contributed by atoms with van der Waals surface area (Å²) in [6.07, 6.45) is -0.602. The van der Waals surface area contributed by atoms with Crippen LogP contribution in [0.5, 0.6) is 0 Å². The van der Waals surface area contributed by atoms with E-state index in [1.54, 1.807) is 24.3 Å². The van der Waals surface area contributed by atoms with Gasteiger partial charge in [-0.25, -0.2) is 4.79 Å². The largest absolute Gasteiger partial charge is 0.481 e. The van der Waals surface area contributed by atoms with E-state index < -0.39 is 30.3 Å². The van der Waals surface area contributed by atoms with Crippen molar-refractivity contribution in [1.82, 2.24) is 4.90 Å². The predicted molar refractivity (Wildman–Crippen MR) is 60.0 cm³/mol. The Morgan fingerprint density at radius 3 is 2.50 bits per heavy atom. The van der Waals surface area contributed by atoms with Gasteiger partial charge in [0.25, 0.3) is 5.91 Å². The summed E-state index contributed by atoms with van der Waals surface area (Å²) < 4.78 is 0. The number of carboxylic acid groups (broad SMARTS) is 2. The smallest absolute Gasteiger partial charge is 0.327 e. The first-order valence-corrected chi connectivity index (χ1v) is 5.34. The number of fused-ring (bicyclic) bond motifs is 1.